The fraction of sp³-hybridized carbons (Fsp3) is 0.286. The summed E-state index contributed by atoms with van der Waals surface area (Å²) in [6.07, 6.45) is -5.28. The molecule has 3 rings (SSSR count). The van der Waals surface area contributed by atoms with E-state index in [1.807, 2.05) is 0 Å². The topological polar surface area (TPSA) is 56.0 Å². The number of nitrogens with two attached hydrogens (primary N) is 1. The van der Waals surface area contributed by atoms with E-state index in [4.69, 9.17) is 5.73 Å². The lowest BCUT2D eigenvalue weighted by atomic mass is 9.84. The Kier molecular flexibility index (Phi) is 3.20. The Morgan fingerprint density at radius 2 is 2.00 bits per heavy atom. The number of alkyl halides is 3. The monoisotopic (exact) mass is 358 g/mol. The number of hydrogen-bond donors (Lipinski definition) is 1. The highest BCUT2D eigenvalue weighted by Crippen LogP contribution is 2.39. The van der Waals surface area contributed by atoms with Gasteiger partial charge in [0.25, 0.3) is 0 Å². The lowest BCUT2D eigenvalue weighted by molar-refractivity contribution is -0.174. The van der Waals surface area contributed by atoms with Gasteiger partial charge in [0.15, 0.2) is 5.78 Å². The van der Waals surface area contributed by atoms with Crippen molar-refractivity contribution in [3.63, 3.8) is 0 Å². The number of fused-ring (bicyclic) bond motifs is 2. The van der Waals surface area contributed by atoms with E-state index in [2.05, 4.69) is 20.9 Å². The molecular weight excluding hydrogens is 349 g/mol. The van der Waals surface area contributed by atoms with Crippen LogP contribution in [-0.2, 0) is 6.42 Å². The summed E-state index contributed by atoms with van der Waals surface area (Å²) in [5.74, 6) is -2.28. The molecule has 0 radical (unpaired) electrons. The van der Waals surface area contributed by atoms with Gasteiger partial charge in [-0.15, -0.1) is 0 Å². The number of ketones is 1. The Hall–Kier alpha value is -1.63. The molecule has 1 aliphatic rings. The molecule has 7 heteroatoms. The standard InChI is InChI=1S/C14H10BrF3N2O/c15-7-1-2-9-8(5-7)13(19)12-10(20-9)3-6(4-11(12)21)14(16,17)18/h1-2,5-6H,3-4H2,(H2,19,20). The molecule has 1 unspecified atom stereocenters. The molecule has 0 saturated carbocycles. The maximum absolute atomic E-state index is 12.9. The number of nitrogens with zero attached hydrogens (tertiary/aromatic N) is 1. The second kappa shape index (κ2) is 4.69. The van der Waals surface area contributed by atoms with Crippen molar-refractivity contribution in [1.82, 2.24) is 4.98 Å². The largest absolute Gasteiger partial charge is 0.398 e. The van der Waals surface area contributed by atoms with E-state index in [1.165, 1.54) is 0 Å². The minimum Gasteiger partial charge on any atom is -0.398 e. The van der Waals surface area contributed by atoms with E-state index in [1.54, 1.807) is 18.2 Å². The molecule has 1 atom stereocenters. The summed E-state index contributed by atoms with van der Waals surface area (Å²) in [6, 6.07) is 5.10. The Morgan fingerprint density at radius 3 is 2.67 bits per heavy atom. The van der Waals surface area contributed by atoms with Gasteiger partial charge < -0.3 is 5.73 Å². The summed E-state index contributed by atoms with van der Waals surface area (Å²) >= 11 is 3.30. The van der Waals surface area contributed by atoms with Crippen LogP contribution in [0.25, 0.3) is 10.9 Å². The van der Waals surface area contributed by atoms with Crippen molar-refractivity contribution >= 4 is 38.3 Å². The Morgan fingerprint density at radius 1 is 1.29 bits per heavy atom. The molecule has 0 aliphatic heterocycles. The molecule has 2 N–H and O–H groups in total. The van der Waals surface area contributed by atoms with Crippen LogP contribution >= 0.6 is 15.9 Å². The smallest absolute Gasteiger partial charge is 0.392 e. The van der Waals surface area contributed by atoms with E-state index in [-0.39, 0.29) is 23.4 Å². The summed E-state index contributed by atoms with van der Waals surface area (Å²) in [5.41, 5.74) is 6.97. The average molecular weight is 359 g/mol. The van der Waals surface area contributed by atoms with Crippen LogP contribution < -0.4 is 5.73 Å². The van der Waals surface area contributed by atoms with Gasteiger partial charge in [0.05, 0.1) is 28.4 Å². The fourth-order valence-electron chi connectivity index (χ4n) is 2.63. The van der Waals surface area contributed by atoms with Crippen molar-refractivity contribution in [2.45, 2.75) is 19.0 Å². The zero-order valence-electron chi connectivity index (χ0n) is 10.7. The normalized spacial score (nSPS) is 18.9. The van der Waals surface area contributed by atoms with Crippen molar-refractivity contribution in [2.75, 3.05) is 5.73 Å². The van der Waals surface area contributed by atoms with Gasteiger partial charge >= 0.3 is 6.18 Å². The third kappa shape index (κ3) is 2.39. The van der Waals surface area contributed by atoms with Crippen LogP contribution in [-0.4, -0.2) is 16.9 Å². The first-order chi connectivity index (χ1) is 9.77. The molecular formula is C14H10BrF3N2O. The number of nitrogen functional groups attached to an aromatic ring is 1. The van der Waals surface area contributed by atoms with Crippen molar-refractivity contribution in [3.8, 4) is 0 Å². The van der Waals surface area contributed by atoms with Crippen LogP contribution in [0.15, 0.2) is 22.7 Å². The summed E-state index contributed by atoms with van der Waals surface area (Å²) < 4.78 is 39.3. The van der Waals surface area contributed by atoms with Crippen molar-refractivity contribution < 1.29 is 18.0 Å². The van der Waals surface area contributed by atoms with Crippen LogP contribution in [0.3, 0.4) is 0 Å². The van der Waals surface area contributed by atoms with Crippen LogP contribution in [0.2, 0.25) is 0 Å². The predicted molar refractivity (Wildman–Crippen MR) is 76.1 cm³/mol. The van der Waals surface area contributed by atoms with Crippen LogP contribution in [0.4, 0.5) is 18.9 Å². The first-order valence-electron chi connectivity index (χ1n) is 6.25. The van der Waals surface area contributed by atoms with Crippen molar-refractivity contribution in [3.05, 3.63) is 33.9 Å². The van der Waals surface area contributed by atoms with Crippen LogP contribution in [0.1, 0.15) is 22.5 Å². The van der Waals surface area contributed by atoms with Crippen molar-refractivity contribution in [2.24, 2.45) is 5.92 Å². The highest BCUT2D eigenvalue weighted by atomic mass is 79.9. The number of hydrogen-bond acceptors (Lipinski definition) is 3. The molecule has 3 nitrogen and oxygen atoms in total. The fourth-order valence-corrected chi connectivity index (χ4v) is 3.00. The molecule has 1 heterocycles. The predicted octanol–water partition coefficient (Wildman–Crippen LogP) is 3.89. The number of benzene rings is 1. The third-order valence-corrected chi connectivity index (χ3v) is 4.17. The molecule has 110 valence electrons. The van der Waals surface area contributed by atoms with Gasteiger partial charge in [-0.2, -0.15) is 13.2 Å². The summed E-state index contributed by atoms with van der Waals surface area (Å²) in [7, 11) is 0. The van der Waals surface area contributed by atoms with Gasteiger partial charge in [0.2, 0.25) is 0 Å². The van der Waals surface area contributed by atoms with E-state index in [0.29, 0.717) is 10.9 Å². The lowest BCUT2D eigenvalue weighted by Gasteiger charge is -2.26. The molecule has 0 saturated heterocycles. The average Bonchev–Trinajstić information content (AvgIpc) is 2.38. The van der Waals surface area contributed by atoms with E-state index >= 15 is 0 Å². The molecule has 0 amide bonds. The van der Waals surface area contributed by atoms with Gasteiger partial charge in [-0.25, -0.2) is 0 Å². The van der Waals surface area contributed by atoms with Crippen molar-refractivity contribution in [1.29, 1.82) is 0 Å². The highest BCUT2D eigenvalue weighted by molar-refractivity contribution is 9.10. The number of rotatable bonds is 0. The molecule has 0 spiro atoms. The second-order valence-corrected chi connectivity index (χ2v) is 5.99. The number of carbonyl (C=O) groups is 1. The number of aromatic nitrogens is 1. The molecule has 0 fully saturated rings. The quantitative estimate of drug-likeness (QED) is 0.777. The zero-order chi connectivity index (χ0) is 15.4. The first-order valence-corrected chi connectivity index (χ1v) is 7.04. The van der Waals surface area contributed by atoms with Gasteiger partial charge in [-0.05, 0) is 18.2 Å². The third-order valence-electron chi connectivity index (χ3n) is 3.68. The van der Waals surface area contributed by atoms with Crippen LogP contribution in [0.5, 0.6) is 0 Å². The number of pyridine rings is 1. The SMILES string of the molecule is Nc1c2c(nc3ccc(Br)cc13)CC(C(F)(F)F)CC2=O. The maximum Gasteiger partial charge on any atom is 0.392 e. The summed E-state index contributed by atoms with van der Waals surface area (Å²) in [5, 5.41) is 0.571. The second-order valence-electron chi connectivity index (χ2n) is 5.08. The summed E-state index contributed by atoms with van der Waals surface area (Å²) in [6.45, 7) is 0. The van der Waals surface area contributed by atoms with Gasteiger partial charge in [-0.1, -0.05) is 15.9 Å². The Bertz CT molecular complexity index is 758. The lowest BCUT2D eigenvalue weighted by Crippen LogP contribution is -2.33. The maximum atomic E-state index is 12.9. The number of halogens is 4. The van der Waals surface area contributed by atoms with E-state index < -0.39 is 24.3 Å². The highest BCUT2D eigenvalue weighted by Gasteiger charge is 2.44. The van der Waals surface area contributed by atoms with Crippen LogP contribution in [0, 0.1) is 5.92 Å². The minimum atomic E-state index is -4.40. The molecule has 21 heavy (non-hydrogen) atoms. The molecule has 1 aliphatic carbocycles. The molecule has 0 bridgehead atoms. The Balaban J connectivity index is 2.21. The zero-order valence-corrected chi connectivity index (χ0v) is 12.3. The van der Waals surface area contributed by atoms with E-state index in [9.17, 15) is 18.0 Å². The minimum absolute atomic E-state index is 0.140. The number of carbonyl (C=O) groups excluding carboxylic acids is 1. The molecule has 1 aromatic heterocycles. The molecule has 1 aromatic carbocycles. The summed E-state index contributed by atoms with van der Waals surface area (Å²) in [4.78, 5) is 16.3. The number of Topliss-reactive ketones (excluding diaryl/α,β-unsaturated/α-hetero) is 1. The van der Waals surface area contributed by atoms with E-state index in [0.717, 1.165) is 4.47 Å². The van der Waals surface area contributed by atoms with Gasteiger partial charge in [0.1, 0.15) is 0 Å². The van der Waals surface area contributed by atoms with Gasteiger partial charge in [0, 0.05) is 22.7 Å². The first kappa shape index (κ1) is 14.3. The Labute approximate surface area is 126 Å². The van der Waals surface area contributed by atoms with Gasteiger partial charge in [-0.3, -0.25) is 9.78 Å². The number of anilines is 1. The molecule has 2 aromatic rings.